The molecule has 0 radical (unpaired) electrons. The minimum absolute atomic E-state index is 0.156. The van der Waals surface area contributed by atoms with E-state index in [1.807, 2.05) is 44.1 Å². The second-order valence-electron chi connectivity index (χ2n) is 4.42. The van der Waals surface area contributed by atoms with Gasteiger partial charge in [0.1, 0.15) is 0 Å². The third-order valence-electron chi connectivity index (χ3n) is 2.57. The van der Waals surface area contributed by atoms with Crippen LogP contribution < -0.4 is 10.2 Å². The Morgan fingerprint density at radius 1 is 1.47 bits per heavy atom. The van der Waals surface area contributed by atoms with Crippen LogP contribution in [0, 0.1) is 0 Å². The molecule has 0 amide bonds. The summed E-state index contributed by atoms with van der Waals surface area (Å²) >= 11 is 0. The van der Waals surface area contributed by atoms with Crippen molar-refractivity contribution in [3.63, 3.8) is 0 Å². The van der Waals surface area contributed by atoms with E-state index in [9.17, 15) is 4.79 Å². The summed E-state index contributed by atoms with van der Waals surface area (Å²) in [5, 5.41) is 11.9. The van der Waals surface area contributed by atoms with Gasteiger partial charge in [0.25, 0.3) is 0 Å². The number of hydrogen-bond donors (Lipinski definition) is 2. The zero-order chi connectivity index (χ0) is 12.8. The molecule has 4 heteroatoms. The number of rotatable bonds is 6. The first-order valence-corrected chi connectivity index (χ1v) is 5.74. The van der Waals surface area contributed by atoms with Crippen LogP contribution in [0.4, 0.5) is 11.4 Å². The molecule has 0 saturated carbocycles. The van der Waals surface area contributed by atoms with Gasteiger partial charge in [0.2, 0.25) is 0 Å². The number of benzene rings is 1. The highest BCUT2D eigenvalue weighted by Gasteiger charge is 2.05. The molecule has 0 heterocycles. The highest BCUT2D eigenvalue weighted by atomic mass is 16.4. The van der Waals surface area contributed by atoms with E-state index in [2.05, 4.69) is 11.4 Å². The summed E-state index contributed by atoms with van der Waals surface area (Å²) in [5.74, 6) is -0.749. The van der Waals surface area contributed by atoms with Crippen molar-refractivity contribution in [2.45, 2.75) is 25.8 Å². The van der Waals surface area contributed by atoms with Gasteiger partial charge in [-0.15, -0.1) is 0 Å². The van der Waals surface area contributed by atoms with Gasteiger partial charge in [0, 0.05) is 37.9 Å². The normalized spacial score (nSPS) is 11.9. The Hall–Kier alpha value is -1.71. The fourth-order valence-electron chi connectivity index (χ4n) is 1.57. The van der Waals surface area contributed by atoms with Gasteiger partial charge in [-0.3, -0.25) is 4.79 Å². The Labute approximate surface area is 102 Å². The highest BCUT2D eigenvalue weighted by Crippen LogP contribution is 2.18. The van der Waals surface area contributed by atoms with E-state index in [0.717, 1.165) is 11.4 Å². The molecule has 94 valence electrons. The number of hydrogen-bond acceptors (Lipinski definition) is 3. The SMILES string of the molecule is CC(CCC(=O)O)Nc1cccc(N(C)C)c1. The molecule has 0 fully saturated rings. The van der Waals surface area contributed by atoms with Gasteiger partial charge in [0.05, 0.1) is 0 Å². The fraction of sp³-hybridized carbons (Fsp3) is 0.462. The van der Waals surface area contributed by atoms with Crippen LogP contribution in [0.25, 0.3) is 0 Å². The van der Waals surface area contributed by atoms with Crippen molar-refractivity contribution in [2.75, 3.05) is 24.3 Å². The maximum Gasteiger partial charge on any atom is 0.303 e. The number of nitrogens with zero attached hydrogens (tertiary/aromatic N) is 1. The lowest BCUT2D eigenvalue weighted by Crippen LogP contribution is -2.17. The molecule has 0 aliphatic heterocycles. The summed E-state index contributed by atoms with van der Waals surface area (Å²) in [5.41, 5.74) is 2.15. The Balaban J connectivity index is 2.55. The average molecular weight is 236 g/mol. The maximum absolute atomic E-state index is 10.5. The molecule has 4 nitrogen and oxygen atoms in total. The van der Waals surface area contributed by atoms with Crippen molar-refractivity contribution < 1.29 is 9.90 Å². The third-order valence-corrected chi connectivity index (χ3v) is 2.57. The van der Waals surface area contributed by atoms with Crippen molar-refractivity contribution in [3.8, 4) is 0 Å². The zero-order valence-corrected chi connectivity index (χ0v) is 10.6. The van der Waals surface area contributed by atoms with Crippen LogP contribution in [0.5, 0.6) is 0 Å². The summed E-state index contributed by atoms with van der Waals surface area (Å²) < 4.78 is 0. The van der Waals surface area contributed by atoms with E-state index in [1.54, 1.807) is 0 Å². The quantitative estimate of drug-likeness (QED) is 0.796. The smallest absolute Gasteiger partial charge is 0.303 e. The fourth-order valence-corrected chi connectivity index (χ4v) is 1.57. The predicted molar refractivity (Wildman–Crippen MR) is 70.7 cm³/mol. The summed E-state index contributed by atoms with van der Waals surface area (Å²) in [4.78, 5) is 12.5. The van der Waals surface area contributed by atoms with E-state index in [0.29, 0.717) is 6.42 Å². The number of carboxylic acid groups (broad SMARTS) is 1. The van der Waals surface area contributed by atoms with Crippen molar-refractivity contribution in [2.24, 2.45) is 0 Å². The Bertz CT molecular complexity index is 377. The molecule has 0 spiro atoms. The molecule has 0 aliphatic carbocycles. The van der Waals surface area contributed by atoms with Crippen LogP contribution in [0.15, 0.2) is 24.3 Å². The molecular formula is C13H20N2O2. The van der Waals surface area contributed by atoms with Crippen molar-refractivity contribution in [1.29, 1.82) is 0 Å². The third kappa shape index (κ3) is 4.76. The van der Waals surface area contributed by atoms with Crippen LogP contribution in [-0.2, 0) is 4.79 Å². The standard InChI is InChI=1S/C13H20N2O2/c1-10(7-8-13(16)17)14-11-5-4-6-12(9-11)15(2)3/h4-6,9-10,14H,7-8H2,1-3H3,(H,16,17). The summed E-state index contributed by atoms with van der Waals surface area (Å²) in [6, 6.07) is 8.22. The molecule has 1 atom stereocenters. The van der Waals surface area contributed by atoms with Crippen molar-refractivity contribution in [3.05, 3.63) is 24.3 Å². The molecule has 2 N–H and O–H groups in total. The second kappa shape index (κ2) is 6.13. The lowest BCUT2D eigenvalue weighted by molar-refractivity contribution is -0.137. The van der Waals surface area contributed by atoms with Crippen LogP contribution >= 0.6 is 0 Å². The predicted octanol–water partition coefficient (Wildman–Crippen LogP) is 2.42. The lowest BCUT2D eigenvalue weighted by atomic mass is 10.1. The first-order chi connectivity index (χ1) is 7.99. The van der Waals surface area contributed by atoms with Crippen LogP contribution in [0.1, 0.15) is 19.8 Å². The van der Waals surface area contributed by atoms with Crippen molar-refractivity contribution >= 4 is 17.3 Å². The van der Waals surface area contributed by atoms with Crippen LogP contribution in [0.3, 0.4) is 0 Å². The number of anilines is 2. The van der Waals surface area contributed by atoms with E-state index < -0.39 is 5.97 Å². The van der Waals surface area contributed by atoms with Gasteiger partial charge >= 0.3 is 5.97 Å². The number of nitrogens with one attached hydrogen (secondary N) is 1. The van der Waals surface area contributed by atoms with Gasteiger partial charge in [-0.2, -0.15) is 0 Å². The number of aliphatic carboxylic acids is 1. The summed E-state index contributed by atoms with van der Waals surface area (Å²) in [6.45, 7) is 1.99. The monoisotopic (exact) mass is 236 g/mol. The molecule has 1 rings (SSSR count). The molecule has 17 heavy (non-hydrogen) atoms. The minimum Gasteiger partial charge on any atom is -0.481 e. The molecule has 1 aromatic carbocycles. The number of carbonyl (C=O) groups is 1. The summed E-state index contributed by atoms with van der Waals surface area (Å²) in [6.07, 6.45) is 0.822. The van der Waals surface area contributed by atoms with Gasteiger partial charge < -0.3 is 15.3 Å². The minimum atomic E-state index is -0.749. The highest BCUT2D eigenvalue weighted by molar-refractivity contribution is 5.66. The van der Waals surface area contributed by atoms with Gasteiger partial charge in [-0.1, -0.05) is 6.07 Å². The molecule has 0 saturated heterocycles. The van der Waals surface area contributed by atoms with E-state index in [-0.39, 0.29) is 12.5 Å². The van der Waals surface area contributed by atoms with Gasteiger partial charge in [0.15, 0.2) is 0 Å². The van der Waals surface area contributed by atoms with Crippen LogP contribution in [-0.4, -0.2) is 31.2 Å². The van der Waals surface area contributed by atoms with Gasteiger partial charge in [-0.05, 0) is 31.5 Å². The Morgan fingerprint density at radius 2 is 2.18 bits per heavy atom. The maximum atomic E-state index is 10.5. The second-order valence-corrected chi connectivity index (χ2v) is 4.42. The average Bonchev–Trinajstić information content (AvgIpc) is 2.26. The largest absolute Gasteiger partial charge is 0.481 e. The first-order valence-electron chi connectivity index (χ1n) is 5.74. The topological polar surface area (TPSA) is 52.6 Å². The van der Waals surface area contributed by atoms with E-state index >= 15 is 0 Å². The molecule has 0 aliphatic rings. The van der Waals surface area contributed by atoms with Crippen LogP contribution in [0.2, 0.25) is 0 Å². The molecule has 0 aromatic heterocycles. The van der Waals surface area contributed by atoms with Crippen molar-refractivity contribution in [1.82, 2.24) is 0 Å². The van der Waals surface area contributed by atoms with E-state index in [1.165, 1.54) is 0 Å². The molecule has 1 aromatic rings. The Morgan fingerprint density at radius 3 is 2.76 bits per heavy atom. The Kier molecular flexibility index (Phi) is 4.82. The molecule has 0 bridgehead atoms. The summed E-state index contributed by atoms with van der Waals surface area (Å²) in [7, 11) is 3.99. The lowest BCUT2D eigenvalue weighted by Gasteiger charge is -2.17. The first kappa shape index (κ1) is 13.4. The van der Waals surface area contributed by atoms with Gasteiger partial charge in [-0.25, -0.2) is 0 Å². The zero-order valence-electron chi connectivity index (χ0n) is 10.6. The number of carboxylic acids is 1. The molecule has 1 unspecified atom stereocenters. The molecular weight excluding hydrogens is 216 g/mol. The van der Waals surface area contributed by atoms with E-state index in [4.69, 9.17) is 5.11 Å².